The number of nitrogens with zero attached hydrogens (tertiary/aromatic N) is 2. The van der Waals surface area contributed by atoms with Gasteiger partial charge in [0.1, 0.15) is 18.2 Å². The van der Waals surface area contributed by atoms with Crippen molar-refractivity contribution >= 4 is 11.7 Å². The van der Waals surface area contributed by atoms with Gasteiger partial charge in [0.05, 0.1) is 6.61 Å². The fraction of sp³-hybridized carbons (Fsp3) is 0.444. The standard InChI is InChI=1S/C18H24N4O3/c1-24-12-13-25-16-4-2-15(3-5-16)21-18(23)22-10-6-14(7-11-22)17-19-8-9-20-17/h2-5,8-9,14H,6-7,10-13H2,1H3,(H,19,20)(H,21,23). The fourth-order valence-corrected chi connectivity index (χ4v) is 2.94. The number of likely N-dealkylation sites (tertiary alicyclic amines) is 1. The van der Waals surface area contributed by atoms with Crippen LogP contribution in [0.15, 0.2) is 36.7 Å². The Labute approximate surface area is 147 Å². The van der Waals surface area contributed by atoms with Crippen LogP contribution in [0.2, 0.25) is 0 Å². The second-order valence-electron chi connectivity index (χ2n) is 6.03. The quantitative estimate of drug-likeness (QED) is 0.790. The Kier molecular flexibility index (Phi) is 5.90. The maximum Gasteiger partial charge on any atom is 0.321 e. The molecule has 1 aromatic heterocycles. The predicted molar refractivity (Wildman–Crippen MR) is 95.0 cm³/mol. The van der Waals surface area contributed by atoms with Crippen molar-refractivity contribution < 1.29 is 14.3 Å². The molecule has 0 atom stereocenters. The number of anilines is 1. The number of hydrogen-bond acceptors (Lipinski definition) is 4. The van der Waals surface area contributed by atoms with Crippen molar-refractivity contribution in [3.8, 4) is 5.75 Å². The summed E-state index contributed by atoms with van der Waals surface area (Å²) >= 11 is 0. The van der Waals surface area contributed by atoms with E-state index in [2.05, 4.69) is 15.3 Å². The van der Waals surface area contributed by atoms with Gasteiger partial charge in [-0.25, -0.2) is 9.78 Å². The van der Waals surface area contributed by atoms with E-state index in [1.165, 1.54) is 0 Å². The molecule has 3 rings (SSSR count). The molecule has 1 aliphatic heterocycles. The van der Waals surface area contributed by atoms with Crippen molar-refractivity contribution in [3.63, 3.8) is 0 Å². The average Bonchev–Trinajstić information content (AvgIpc) is 3.18. The molecule has 1 saturated heterocycles. The summed E-state index contributed by atoms with van der Waals surface area (Å²) in [6, 6.07) is 7.31. The highest BCUT2D eigenvalue weighted by Gasteiger charge is 2.25. The molecule has 1 aliphatic rings. The van der Waals surface area contributed by atoms with Crippen LogP contribution in [-0.2, 0) is 4.74 Å². The Morgan fingerprint density at radius 2 is 2.04 bits per heavy atom. The normalized spacial score (nSPS) is 15.2. The molecule has 0 aliphatic carbocycles. The Bertz CT molecular complexity index is 649. The first kappa shape index (κ1) is 17.3. The van der Waals surface area contributed by atoms with Gasteiger partial charge < -0.3 is 24.7 Å². The Morgan fingerprint density at radius 1 is 1.28 bits per heavy atom. The number of hydrogen-bond donors (Lipinski definition) is 2. The van der Waals surface area contributed by atoms with Crippen LogP contribution in [-0.4, -0.2) is 54.3 Å². The highest BCUT2D eigenvalue weighted by Crippen LogP contribution is 2.25. The highest BCUT2D eigenvalue weighted by atomic mass is 16.5. The van der Waals surface area contributed by atoms with Crippen LogP contribution in [0.25, 0.3) is 0 Å². The minimum Gasteiger partial charge on any atom is -0.491 e. The van der Waals surface area contributed by atoms with Crippen LogP contribution >= 0.6 is 0 Å². The molecule has 1 fully saturated rings. The summed E-state index contributed by atoms with van der Waals surface area (Å²) in [5.41, 5.74) is 0.761. The zero-order valence-corrected chi connectivity index (χ0v) is 14.4. The number of piperidine rings is 1. The van der Waals surface area contributed by atoms with Crippen molar-refractivity contribution in [2.75, 3.05) is 38.7 Å². The summed E-state index contributed by atoms with van der Waals surface area (Å²) < 4.78 is 10.5. The molecule has 0 spiro atoms. The fourth-order valence-electron chi connectivity index (χ4n) is 2.94. The number of methoxy groups -OCH3 is 1. The lowest BCUT2D eigenvalue weighted by Crippen LogP contribution is -2.40. The summed E-state index contributed by atoms with van der Waals surface area (Å²) in [7, 11) is 1.64. The molecule has 2 N–H and O–H groups in total. The van der Waals surface area contributed by atoms with Gasteiger partial charge >= 0.3 is 6.03 Å². The first-order valence-electron chi connectivity index (χ1n) is 8.53. The van der Waals surface area contributed by atoms with Crippen molar-refractivity contribution in [2.45, 2.75) is 18.8 Å². The smallest absolute Gasteiger partial charge is 0.321 e. The monoisotopic (exact) mass is 344 g/mol. The Morgan fingerprint density at radius 3 is 2.68 bits per heavy atom. The molecule has 25 heavy (non-hydrogen) atoms. The van der Waals surface area contributed by atoms with Gasteiger partial charge in [-0.2, -0.15) is 0 Å². The third-order valence-corrected chi connectivity index (χ3v) is 4.35. The van der Waals surface area contributed by atoms with Crippen LogP contribution in [0.3, 0.4) is 0 Å². The van der Waals surface area contributed by atoms with Gasteiger partial charge in [0, 0.05) is 44.2 Å². The lowest BCUT2D eigenvalue weighted by molar-refractivity contribution is 0.146. The molecule has 1 aromatic carbocycles. The zero-order chi connectivity index (χ0) is 17.5. The van der Waals surface area contributed by atoms with E-state index in [0.717, 1.165) is 43.2 Å². The van der Waals surface area contributed by atoms with Gasteiger partial charge in [0.15, 0.2) is 0 Å². The number of ether oxygens (including phenoxy) is 2. The number of carbonyl (C=O) groups is 1. The summed E-state index contributed by atoms with van der Waals surface area (Å²) in [6.45, 7) is 2.52. The topological polar surface area (TPSA) is 79.5 Å². The maximum absolute atomic E-state index is 12.4. The highest BCUT2D eigenvalue weighted by molar-refractivity contribution is 5.89. The van der Waals surface area contributed by atoms with E-state index in [0.29, 0.717) is 19.1 Å². The molecule has 0 radical (unpaired) electrons. The molecule has 2 amide bonds. The largest absolute Gasteiger partial charge is 0.491 e. The van der Waals surface area contributed by atoms with E-state index in [-0.39, 0.29) is 6.03 Å². The predicted octanol–water partition coefficient (Wildman–Crippen LogP) is 2.85. The minimum atomic E-state index is -0.0639. The molecule has 2 aromatic rings. The summed E-state index contributed by atoms with van der Waals surface area (Å²) in [5, 5.41) is 2.94. The first-order valence-corrected chi connectivity index (χ1v) is 8.53. The number of carbonyl (C=O) groups excluding carboxylic acids is 1. The molecular formula is C18H24N4O3. The molecular weight excluding hydrogens is 320 g/mol. The number of aromatic amines is 1. The van der Waals surface area contributed by atoms with Crippen LogP contribution in [0.1, 0.15) is 24.6 Å². The van der Waals surface area contributed by atoms with Crippen molar-refractivity contribution in [1.29, 1.82) is 0 Å². The van der Waals surface area contributed by atoms with Gasteiger partial charge in [-0.15, -0.1) is 0 Å². The number of urea groups is 1. The third-order valence-electron chi connectivity index (χ3n) is 4.35. The van der Waals surface area contributed by atoms with Crippen molar-refractivity contribution in [3.05, 3.63) is 42.5 Å². The van der Waals surface area contributed by atoms with Crippen molar-refractivity contribution in [2.24, 2.45) is 0 Å². The molecule has 2 heterocycles. The molecule has 7 heteroatoms. The average molecular weight is 344 g/mol. The van der Waals surface area contributed by atoms with Crippen LogP contribution < -0.4 is 10.1 Å². The van der Waals surface area contributed by atoms with Crippen molar-refractivity contribution in [1.82, 2.24) is 14.9 Å². The maximum atomic E-state index is 12.4. The van der Waals surface area contributed by atoms with E-state index in [4.69, 9.17) is 9.47 Å². The molecule has 0 unspecified atom stereocenters. The second-order valence-corrected chi connectivity index (χ2v) is 6.03. The first-order chi connectivity index (χ1) is 12.3. The molecule has 0 bridgehead atoms. The molecule has 0 saturated carbocycles. The van der Waals surface area contributed by atoms with Gasteiger partial charge in [0.2, 0.25) is 0 Å². The summed E-state index contributed by atoms with van der Waals surface area (Å²) in [6.07, 6.45) is 5.47. The van der Waals surface area contributed by atoms with E-state index in [9.17, 15) is 4.79 Å². The van der Waals surface area contributed by atoms with Crippen LogP contribution in [0.5, 0.6) is 5.75 Å². The van der Waals surface area contributed by atoms with Gasteiger partial charge in [-0.3, -0.25) is 0 Å². The van der Waals surface area contributed by atoms with E-state index in [1.807, 2.05) is 35.4 Å². The number of imidazole rings is 1. The SMILES string of the molecule is COCCOc1ccc(NC(=O)N2CCC(c3ncc[nH]3)CC2)cc1. The van der Waals surface area contributed by atoms with Gasteiger partial charge in [-0.1, -0.05) is 0 Å². The third kappa shape index (κ3) is 4.73. The summed E-state index contributed by atoms with van der Waals surface area (Å²) in [4.78, 5) is 21.7. The van der Waals surface area contributed by atoms with E-state index in [1.54, 1.807) is 13.3 Å². The molecule has 7 nitrogen and oxygen atoms in total. The van der Waals surface area contributed by atoms with Gasteiger partial charge in [-0.05, 0) is 37.1 Å². The van der Waals surface area contributed by atoms with Crippen LogP contribution in [0, 0.1) is 0 Å². The number of H-pyrrole nitrogens is 1. The number of rotatable bonds is 6. The summed E-state index contributed by atoms with van der Waals surface area (Å²) in [5.74, 6) is 2.18. The number of nitrogens with one attached hydrogen (secondary N) is 2. The van der Waals surface area contributed by atoms with E-state index >= 15 is 0 Å². The minimum absolute atomic E-state index is 0.0639. The number of aromatic nitrogens is 2. The van der Waals surface area contributed by atoms with Crippen LogP contribution in [0.4, 0.5) is 10.5 Å². The Hall–Kier alpha value is -2.54. The lowest BCUT2D eigenvalue weighted by atomic mass is 9.96. The van der Waals surface area contributed by atoms with Gasteiger partial charge in [0.25, 0.3) is 0 Å². The second kappa shape index (κ2) is 8.53. The zero-order valence-electron chi connectivity index (χ0n) is 14.4. The number of benzene rings is 1. The van der Waals surface area contributed by atoms with E-state index < -0.39 is 0 Å². The number of amides is 2. The lowest BCUT2D eigenvalue weighted by Gasteiger charge is -2.31. The molecule has 134 valence electrons. The Balaban J connectivity index is 1.46.